The lowest BCUT2D eigenvalue weighted by molar-refractivity contribution is 0.157. The molecule has 1 atom stereocenters. The van der Waals surface area contributed by atoms with E-state index in [4.69, 9.17) is 4.74 Å². The van der Waals surface area contributed by atoms with E-state index in [1.165, 1.54) is 10.8 Å². The minimum atomic E-state index is 0.267. The summed E-state index contributed by atoms with van der Waals surface area (Å²) in [5, 5.41) is 6.01. The first kappa shape index (κ1) is 10.5. The van der Waals surface area contributed by atoms with E-state index < -0.39 is 0 Å². The third kappa shape index (κ3) is 1.74. The Morgan fingerprint density at radius 1 is 1.18 bits per heavy atom. The fourth-order valence-corrected chi connectivity index (χ4v) is 2.31. The Balaban J connectivity index is 2.08. The maximum absolute atomic E-state index is 6.04. The monoisotopic (exact) mass is 227 g/mol. The summed E-state index contributed by atoms with van der Waals surface area (Å²) >= 11 is 0. The third-order valence-corrected chi connectivity index (χ3v) is 3.39. The summed E-state index contributed by atoms with van der Waals surface area (Å²) < 4.78 is 6.04. The zero-order valence-corrected chi connectivity index (χ0v) is 10.2. The van der Waals surface area contributed by atoms with Crippen molar-refractivity contribution in [1.82, 2.24) is 0 Å². The van der Waals surface area contributed by atoms with E-state index in [9.17, 15) is 0 Å². The lowest BCUT2D eigenvalue weighted by Crippen LogP contribution is -2.34. The molecule has 0 fully saturated rings. The van der Waals surface area contributed by atoms with Gasteiger partial charge in [-0.05, 0) is 17.4 Å². The largest absolute Gasteiger partial charge is 0.486 e. The zero-order valence-electron chi connectivity index (χ0n) is 10.2. The number of anilines is 1. The highest BCUT2D eigenvalue weighted by molar-refractivity contribution is 5.97. The Labute approximate surface area is 102 Å². The summed E-state index contributed by atoms with van der Waals surface area (Å²) in [7, 11) is 0. The molecular weight excluding hydrogens is 210 g/mol. The molecule has 0 radical (unpaired) electrons. The number of hydrogen-bond acceptors (Lipinski definition) is 2. The molecule has 0 saturated heterocycles. The first-order valence-corrected chi connectivity index (χ1v) is 6.18. The van der Waals surface area contributed by atoms with Crippen LogP contribution in [0, 0.1) is 5.92 Å². The highest BCUT2D eigenvalue weighted by atomic mass is 16.5. The average Bonchev–Trinajstić information content (AvgIpc) is 2.38. The minimum Gasteiger partial charge on any atom is -0.486 e. The van der Waals surface area contributed by atoms with Crippen molar-refractivity contribution in [3.63, 3.8) is 0 Å². The molecule has 2 aromatic carbocycles. The quantitative estimate of drug-likeness (QED) is 0.802. The molecule has 0 saturated carbocycles. The van der Waals surface area contributed by atoms with Crippen molar-refractivity contribution in [2.75, 3.05) is 11.9 Å². The van der Waals surface area contributed by atoms with Gasteiger partial charge in [0, 0.05) is 5.39 Å². The number of benzene rings is 2. The zero-order chi connectivity index (χ0) is 11.8. The van der Waals surface area contributed by atoms with Gasteiger partial charge in [0.05, 0.1) is 12.2 Å². The maximum atomic E-state index is 6.04. The molecule has 88 valence electrons. The molecule has 1 N–H and O–H groups in total. The molecule has 2 nitrogen and oxygen atoms in total. The molecule has 0 amide bonds. The Bertz CT molecular complexity index is 548. The van der Waals surface area contributed by atoms with Crippen LogP contribution in [0.25, 0.3) is 10.8 Å². The molecule has 0 aromatic heterocycles. The van der Waals surface area contributed by atoms with Crippen LogP contribution < -0.4 is 10.1 Å². The smallest absolute Gasteiger partial charge is 0.143 e. The molecule has 3 rings (SSSR count). The van der Waals surface area contributed by atoms with Crippen LogP contribution in [0.5, 0.6) is 5.75 Å². The first-order valence-electron chi connectivity index (χ1n) is 6.18. The van der Waals surface area contributed by atoms with Crippen molar-refractivity contribution >= 4 is 16.5 Å². The minimum absolute atomic E-state index is 0.267. The van der Waals surface area contributed by atoms with Gasteiger partial charge in [-0.2, -0.15) is 0 Å². The van der Waals surface area contributed by atoms with Gasteiger partial charge in [0.1, 0.15) is 11.9 Å². The van der Waals surface area contributed by atoms with Gasteiger partial charge in [0.15, 0.2) is 0 Å². The molecule has 2 heteroatoms. The van der Waals surface area contributed by atoms with E-state index in [1.807, 2.05) is 0 Å². The second kappa shape index (κ2) is 3.95. The van der Waals surface area contributed by atoms with Gasteiger partial charge in [0.25, 0.3) is 0 Å². The molecule has 0 spiro atoms. The van der Waals surface area contributed by atoms with E-state index in [2.05, 4.69) is 55.6 Å². The van der Waals surface area contributed by atoms with Gasteiger partial charge in [-0.15, -0.1) is 0 Å². The van der Waals surface area contributed by atoms with Crippen LogP contribution >= 0.6 is 0 Å². The van der Waals surface area contributed by atoms with E-state index in [0.29, 0.717) is 5.92 Å². The standard InChI is InChI=1S/C15H17NO/c1-10(2)14-9-16-15-12-6-4-3-5-11(12)7-8-13(15)17-14/h3-8,10,14,16H,9H2,1-2H3. The number of nitrogens with one attached hydrogen (secondary N) is 1. The van der Waals surface area contributed by atoms with Crippen LogP contribution in [0.1, 0.15) is 13.8 Å². The molecule has 1 unspecified atom stereocenters. The summed E-state index contributed by atoms with van der Waals surface area (Å²) in [6, 6.07) is 12.6. The molecule has 1 aliphatic rings. The lowest BCUT2D eigenvalue weighted by Gasteiger charge is -2.30. The van der Waals surface area contributed by atoms with Crippen molar-refractivity contribution < 1.29 is 4.74 Å². The summed E-state index contributed by atoms with van der Waals surface area (Å²) in [5.74, 6) is 1.51. The summed E-state index contributed by atoms with van der Waals surface area (Å²) in [6.45, 7) is 5.27. The molecule has 1 aliphatic heterocycles. The predicted molar refractivity (Wildman–Crippen MR) is 71.7 cm³/mol. The molecule has 17 heavy (non-hydrogen) atoms. The Kier molecular flexibility index (Phi) is 2.43. The summed E-state index contributed by atoms with van der Waals surface area (Å²) in [5.41, 5.74) is 1.14. The van der Waals surface area contributed by atoms with Crippen molar-refractivity contribution in [1.29, 1.82) is 0 Å². The number of rotatable bonds is 1. The molecular formula is C15H17NO. The third-order valence-electron chi connectivity index (χ3n) is 3.39. The maximum Gasteiger partial charge on any atom is 0.143 e. The Morgan fingerprint density at radius 2 is 2.00 bits per heavy atom. The normalized spacial score (nSPS) is 18.6. The van der Waals surface area contributed by atoms with Gasteiger partial charge in [-0.1, -0.05) is 44.2 Å². The van der Waals surface area contributed by atoms with Gasteiger partial charge in [0.2, 0.25) is 0 Å². The van der Waals surface area contributed by atoms with Crippen LogP contribution in [0.3, 0.4) is 0 Å². The van der Waals surface area contributed by atoms with Gasteiger partial charge in [-0.3, -0.25) is 0 Å². The molecule has 0 bridgehead atoms. The molecule has 2 aromatic rings. The van der Waals surface area contributed by atoms with Crippen molar-refractivity contribution in [3.8, 4) is 5.75 Å². The van der Waals surface area contributed by atoms with Crippen LogP contribution in [0.4, 0.5) is 5.69 Å². The van der Waals surface area contributed by atoms with Crippen LogP contribution in [-0.4, -0.2) is 12.6 Å². The fraction of sp³-hybridized carbons (Fsp3) is 0.333. The average molecular weight is 227 g/mol. The number of fused-ring (bicyclic) bond motifs is 3. The van der Waals surface area contributed by atoms with Crippen LogP contribution in [0.15, 0.2) is 36.4 Å². The second-order valence-electron chi connectivity index (χ2n) is 4.94. The molecule has 0 aliphatic carbocycles. The molecule has 1 heterocycles. The van der Waals surface area contributed by atoms with E-state index in [1.54, 1.807) is 0 Å². The first-order chi connectivity index (χ1) is 8.25. The van der Waals surface area contributed by atoms with Gasteiger partial charge < -0.3 is 10.1 Å². The lowest BCUT2D eigenvalue weighted by atomic mass is 10.0. The van der Waals surface area contributed by atoms with Crippen LogP contribution in [-0.2, 0) is 0 Å². The fourth-order valence-electron chi connectivity index (χ4n) is 2.31. The Morgan fingerprint density at radius 3 is 2.82 bits per heavy atom. The highest BCUT2D eigenvalue weighted by Crippen LogP contribution is 2.37. The van der Waals surface area contributed by atoms with Crippen molar-refractivity contribution in [2.24, 2.45) is 5.92 Å². The number of ether oxygens (including phenoxy) is 1. The van der Waals surface area contributed by atoms with E-state index in [-0.39, 0.29) is 6.10 Å². The SMILES string of the molecule is CC(C)C1CNc2c(ccc3ccccc23)O1. The van der Waals surface area contributed by atoms with Gasteiger partial charge >= 0.3 is 0 Å². The van der Waals surface area contributed by atoms with E-state index >= 15 is 0 Å². The van der Waals surface area contributed by atoms with E-state index in [0.717, 1.165) is 18.0 Å². The predicted octanol–water partition coefficient (Wildman–Crippen LogP) is 3.67. The second-order valence-corrected chi connectivity index (χ2v) is 4.94. The number of hydrogen-bond donors (Lipinski definition) is 1. The van der Waals surface area contributed by atoms with Crippen molar-refractivity contribution in [2.45, 2.75) is 20.0 Å². The topological polar surface area (TPSA) is 21.3 Å². The van der Waals surface area contributed by atoms with Crippen molar-refractivity contribution in [3.05, 3.63) is 36.4 Å². The summed E-state index contributed by atoms with van der Waals surface area (Å²) in [6.07, 6.45) is 0.267. The summed E-state index contributed by atoms with van der Waals surface area (Å²) in [4.78, 5) is 0. The highest BCUT2D eigenvalue weighted by Gasteiger charge is 2.22. The van der Waals surface area contributed by atoms with Crippen LogP contribution in [0.2, 0.25) is 0 Å². The van der Waals surface area contributed by atoms with Gasteiger partial charge in [-0.25, -0.2) is 0 Å². The Hall–Kier alpha value is -1.70.